The van der Waals surface area contributed by atoms with Gasteiger partial charge in [-0.3, -0.25) is 9.69 Å². The van der Waals surface area contributed by atoms with E-state index in [1.807, 2.05) is 18.9 Å². The lowest BCUT2D eigenvalue weighted by Gasteiger charge is -2.40. The smallest absolute Gasteiger partial charge is 0.227 e. The van der Waals surface area contributed by atoms with Crippen LogP contribution in [-0.4, -0.2) is 67.6 Å². The number of nitrogens with zero attached hydrogens (tertiary/aromatic N) is 3. The molecule has 2 aliphatic rings. The number of likely N-dealkylation sites (N-methyl/N-ethyl adjacent to an activating group) is 1. The molecule has 5 nitrogen and oxygen atoms in total. The highest BCUT2D eigenvalue weighted by Gasteiger charge is 2.39. The normalized spacial score (nSPS) is 24.5. The van der Waals surface area contributed by atoms with Crippen LogP contribution in [0.15, 0.2) is 30.3 Å². The van der Waals surface area contributed by atoms with E-state index in [0.29, 0.717) is 0 Å². The summed E-state index contributed by atoms with van der Waals surface area (Å²) in [4.78, 5) is 19.7. The van der Waals surface area contributed by atoms with Crippen LogP contribution in [0, 0.1) is 5.92 Å². The molecule has 1 saturated heterocycles. The van der Waals surface area contributed by atoms with E-state index in [9.17, 15) is 4.79 Å². The predicted octanol–water partition coefficient (Wildman–Crippen LogP) is 3.44. The molecule has 1 aliphatic carbocycles. The van der Waals surface area contributed by atoms with Crippen molar-refractivity contribution in [1.82, 2.24) is 9.80 Å². The van der Waals surface area contributed by atoms with E-state index >= 15 is 0 Å². The van der Waals surface area contributed by atoms with Crippen molar-refractivity contribution in [2.75, 3.05) is 51.2 Å². The van der Waals surface area contributed by atoms with Crippen LogP contribution in [0.1, 0.15) is 32.6 Å². The van der Waals surface area contributed by atoms with Crippen molar-refractivity contribution in [3.63, 3.8) is 0 Å². The van der Waals surface area contributed by atoms with Crippen LogP contribution in [0.25, 0.3) is 0 Å². The summed E-state index contributed by atoms with van der Waals surface area (Å²) in [5.74, 6) is 0.216. The molecule has 1 aromatic carbocycles. The largest absolute Gasteiger partial charge is 0.369 e. The third-order valence-electron chi connectivity index (χ3n) is 6.17. The molecule has 1 amide bonds. The van der Waals surface area contributed by atoms with Crippen molar-refractivity contribution < 1.29 is 4.79 Å². The lowest BCUT2D eigenvalue weighted by molar-refractivity contribution is -0.137. The number of anilines is 1. The second-order valence-electron chi connectivity index (χ2n) is 8.23. The molecule has 0 radical (unpaired) electrons. The Morgan fingerprint density at radius 1 is 1.10 bits per heavy atom. The van der Waals surface area contributed by atoms with Crippen molar-refractivity contribution >= 4 is 48.8 Å². The monoisotopic (exact) mass is 466 g/mol. The fourth-order valence-electron chi connectivity index (χ4n) is 4.30. The number of carbonyl (C=O) groups excluding carboxylic acids is 1. The number of amides is 1. The van der Waals surface area contributed by atoms with Crippen LogP contribution in [0.5, 0.6) is 0 Å². The van der Waals surface area contributed by atoms with E-state index < -0.39 is 0 Å². The molecule has 0 bridgehead atoms. The highest BCUT2D eigenvalue weighted by atomic mass is 35.5. The summed E-state index contributed by atoms with van der Waals surface area (Å²) in [5, 5.41) is 0. The minimum absolute atomic E-state index is 0. The van der Waals surface area contributed by atoms with Gasteiger partial charge in [-0.25, -0.2) is 0 Å². The van der Waals surface area contributed by atoms with Gasteiger partial charge in [0.2, 0.25) is 5.91 Å². The van der Waals surface area contributed by atoms with Crippen LogP contribution >= 0.6 is 37.2 Å². The molecule has 1 saturated carbocycles. The fraction of sp³-hybridized carbons (Fsp3) is 0.667. The molecule has 0 aromatic heterocycles. The molecular weight excluding hydrogens is 431 g/mol. The second-order valence-corrected chi connectivity index (χ2v) is 8.23. The number of hydrogen-bond acceptors (Lipinski definition) is 4. The van der Waals surface area contributed by atoms with Gasteiger partial charge in [-0.15, -0.1) is 37.2 Å². The molecular formula is C21H37Cl3N4O. The Kier molecular flexibility index (Phi) is 12.5. The van der Waals surface area contributed by atoms with Crippen LogP contribution in [0.2, 0.25) is 0 Å². The number of hydrogen-bond donors (Lipinski definition) is 1. The first-order valence-corrected chi connectivity index (χ1v) is 10.0. The van der Waals surface area contributed by atoms with Gasteiger partial charge >= 0.3 is 0 Å². The van der Waals surface area contributed by atoms with Gasteiger partial charge in [0.25, 0.3) is 0 Å². The van der Waals surface area contributed by atoms with Crippen molar-refractivity contribution in [1.29, 1.82) is 0 Å². The Morgan fingerprint density at radius 2 is 1.72 bits per heavy atom. The SMILES string of the molecule is CN(CCN1CCN(c2ccccc2)CC1)C(=O)C1CCCCC1(C)N.Cl.Cl.Cl. The summed E-state index contributed by atoms with van der Waals surface area (Å²) in [6.07, 6.45) is 4.16. The van der Waals surface area contributed by atoms with Gasteiger partial charge in [-0.05, 0) is 31.9 Å². The highest BCUT2D eigenvalue weighted by Crippen LogP contribution is 2.32. The quantitative estimate of drug-likeness (QED) is 0.721. The van der Waals surface area contributed by atoms with Gasteiger partial charge in [0, 0.05) is 57.5 Å². The molecule has 1 aliphatic heterocycles. The molecule has 3 rings (SSSR count). The first-order chi connectivity index (χ1) is 12.5. The Labute approximate surface area is 194 Å². The fourth-order valence-corrected chi connectivity index (χ4v) is 4.30. The molecule has 1 aromatic rings. The maximum absolute atomic E-state index is 12.8. The molecule has 2 atom stereocenters. The molecule has 0 spiro atoms. The Bertz CT molecular complexity index is 595. The first kappa shape index (κ1) is 28.3. The van der Waals surface area contributed by atoms with Crippen LogP contribution in [0.4, 0.5) is 5.69 Å². The third kappa shape index (κ3) is 7.48. The van der Waals surface area contributed by atoms with E-state index in [1.54, 1.807) is 0 Å². The summed E-state index contributed by atoms with van der Waals surface area (Å²) < 4.78 is 0. The molecule has 29 heavy (non-hydrogen) atoms. The zero-order valence-electron chi connectivity index (χ0n) is 17.6. The molecule has 2 unspecified atom stereocenters. The van der Waals surface area contributed by atoms with E-state index in [0.717, 1.165) is 65.0 Å². The van der Waals surface area contributed by atoms with Crippen molar-refractivity contribution in [3.05, 3.63) is 30.3 Å². The summed E-state index contributed by atoms with van der Waals surface area (Å²) >= 11 is 0. The van der Waals surface area contributed by atoms with E-state index in [1.165, 1.54) is 5.69 Å². The number of piperazine rings is 1. The van der Waals surface area contributed by atoms with Gasteiger partial charge in [0.05, 0.1) is 5.92 Å². The van der Waals surface area contributed by atoms with Crippen molar-refractivity contribution in [2.24, 2.45) is 11.7 Å². The molecule has 2 fully saturated rings. The van der Waals surface area contributed by atoms with Crippen LogP contribution in [0.3, 0.4) is 0 Å². The summed E-state index contributed by atoms with van der Waals surface area (Å²) in [6.45, 7) is 7.97. The molecule has 8 heteroatoms. The number of carbonyl (C=O) groups is 1. The topological polar surface area (TPSA) is 52.8 Å². The summed E-state index contributed by atoms with van der Waals surface area (Å²) in [5.41, 5.74) is 7.37. The average Bonchev–Trinajstić information content (AvgIpc) is 2.66. The second kappa shape index (κ2) is 12.9. The number of benzene rings is 1. The Hall–Kier alpha value is -0.720. The van der Waals surface area contributed by atoms with Crippen molar-refractivity contribution in [3.8, 4) is 0 Å². The number of halogens is 3. The lowest BCUT2D eigenvalue weighted by Crippen LogP contribution is -2.54. The number of rotatable bonds is 5. The van der Waals surface area contributed by atoms with Gasteiger partial charge in [-0.2, -0.15) is 0 Å². The number of para-hydroxylation sites is 1. The Balaban J connectivity index is 0.00000261. The molecule has 1 heterocycles. The van der Waals surface area contributed by atoms with Gasteiger partial charge in [-0.1, -0.05) is 31.0 Å². The number of nitrogens with two attached hydrogens (primary N) is 1. The molecule has 168 valence electrons. The third-order valence-corrected chi connectivity index (χ3v) is 6.17. The van der Waals surface area contributed by atoms with E-state index in [4.69, 9.17) is 5.73 Å². The Morgan fingerprint density at radius 3 is 2.31 bits per heavy atom. The maximum atomic E-state index is 12.8. The molecule has 2 N–H and O–H groups in total. The summed E-state index contributed by atoms with van der Waals surface area (Å²) in [7, 11) is 1.94. The average molecular weight is 468 g/mol. The summed E-state index contributed by atoms with van der Waals surface area (Å²) in [6, 6.07) is 10.6. The van der Waals surface area contributed by atoms with Gasteiger partial charge < -0.3 is 15.5 Å². The van der Waals surface area contributed by atoms with Crippen LogP contribution < -0.4 is 10.6 Å². The minimum Gasteiger partial charge on any atom is -0.369 e. The first-order valence-electron chi connectivity index (χ1n) is 10.0. The van der Waals surface area contributed by atoms with Crippen molar-refractivity contribution in [2.45, 2.75) is 38.1 Å². The van der Waals surface area contributed by atoms with E-state index in [2.05, 4.69) is 40.1 Å². The predicted molar refractivity (Wildman–Crippen MR) is 129 cm³/mol. The standard InChI is InChI=1S/C21H34N4O.3ClH/c1-21(22)11-7-6-10-19(21)20(26)23(2)12-13-24-14-16-25(17-15-24)18-8-4-3-5-9-18;;;/h3-5,8-9,19H,6-7,10-17,22H2,1-2H3;3*1H. The van der Waals surface area contributed by atoms with Gasteiger partial charge in [0.15, 0.2) is 0 Å². The zero-order valence-corrected chi connectivity index (χ0v) is 20.0. The van der Waals surface area contributed by atoms with Crippen LogP contribution in [-0.2, 0) is 4.79 Å². The van der Waals surface area contributed by atoms with Gasteiger partial charge in [0.1, 0.15) is 0 Å². The maximum Gasteiger partial charge on any atom is 0.227 e. The van der Waals surface area contributed by atoms with E-state index in [-0.39, 0.29) is 54.6 Å². The highest BCUT2D eigenvalue weighted by molar-refractivity contribution is 5.86. The minimum atomic E-state index is -0.342. The zero-order chi connectivity index (χ0) is 18.6. The lowest BCUT2D eigenvalue weighted by atomic mass is 9.74.